The molecule has 138 valence electrons. The average molecular weight is 376 g/mol. The SMILES string of the molecule is CCOC(=O)/C=C/C(=O)OCC(=O)N(C)[C@@H](C)c1nc2ccccc2s1. The number of thiazole rings is 1. The van der Waals surface area contributed by atoms with E-state index in [2.05, 4.69) is 9.72 Å². The Morgan fingerprint density at radius 3 is 2.50 bits per heavy atom. The monoisotopic (exact) mass is 376 g/mol. The Balaban J connectivity index is 1.90. The lowest BCUT2D eigenvalue weighted by atomic mass is 10.3. The van der Waals surface area contributed by atoms with Gasteiger partial charge in [0.05, 0.1) is 22.9 Å². The van der Waals surface area contributed by atoms with Crippen molar-refractivity contribution in [3.05, 3.63) is 41.4 Å². The van der Waals surface area contributed by atoms with Crippen molar-refractivity contribution in [2.45, 2.75) is 19.9 Å². The first-order chi connectivity index (χ1) is 12.4. The highest BCUT2D eigenvalue weighted by Gasteiger charge is 2.21. The maximum Gasteiger partial charge on any atom is 0.331 e. The van der Waals surface area contributed by atoms with Crippen molar-refractivity contribution in [1.82, 2.24) is 9.88 Å². The van der Waals surface area contributed by atoms with Gasteiger partial charge in [-0.05, 0) is 26.0 Å². The van der Waals surface area contributed by atoms with Crippen LogP contribution in [0.5, 0.6) is 0 Å². The van der Waals surface area contributed by atoms with Crippen LogP contribution in [0.15, 0.2) is 36.4 Å². The molecule has 0 saturated heterocycles. The van der Waals surface area contributed by atoms with Gasteiger partial charge in [-0.15, -0.1) is 11.3 Å². The average Bonchev–Trinajstić information content (AvgIpc) is 3.07. The van der Waals surface area contributed by atoms with Gasteiger partial charge in [0.1, 0.15) is 5.01 Å². The van der Waals surface area contributed by atoms with Crippen molar-refractivity contribution >= 4 is 39.4 Å². The number of para-hydroxylation sites is 1. The van der Waals surface area contributed by atoms with Crippen LogP contribution in [-0.4, -0.2) is 48.0 Å². The summed E-state index contributed by atoms with van der Waals surface area (Å²) in [5.41, 5.74) is 0.885. The van der Waals surface area contributed by atoms with E-state index in [-0.39, 0.29) is 18.6 Å². The Morgan fingerprint density at radius 2 is 1.85 bits per heavy atom. The molecule has 0 spiro atoms. The fourth-order valence-corrected chi connectivity index (χ4v) is 3.12. The van der Waals surface area contributed by atoms with Gasteiger partial charge in [0.15, 0.2) is 6.61 Å². The van der Waals surface area contributed by atoms with Gasteiger partial charge in [-0.2, -0.15) is 0 Å². The summed E-state index contributed by atoms with van der Waals surface area (Å²) < 4.78 is 10.6. The molecule has 2 aromatic rings. The number of rotatable bonds is 7. The third-order valence-electron chi connectivity index (χ3n) is 3.62. The number of likely N-dealkylation sites (N-methyl/N-ethyl adjacent to an activating group) is 1. The van der Waals surface area contributed by atoms with E-state index < -0.39 is 18.5 Å². The summed E-state index contributed by atoms with van der Waals surface area (Å²) in [6.07, 6.45) is 1.89. The van der Waals surface area contributed by atoms with Gasteiger partial charge in [0, 0.05) is 19.2 Å². The Kier molecular flexibility index (Phi) is 6.85. The maximum absolute atomic E-state index is 12.2. The molecule has 1 heterocycles. The molecule has 1 aromatic carbocycles. The molecule has 0 N–H and O–H groups in total. The first kappa shape index (κ1) is 19.6. The summed E-state index contributed by atoms with van der Waals surface area (Å²) in [4.78, 5) is 40.9. The van der Waals surface area contributed by atoms with Crippen LogP contribution in [0.2, 0.25) is 0 Å². The summed E-state index contributed by atoms with van der Waals surface area (Å²) in [6, 6.07) is 7.49. The van der Waals surface area contributed by atoms with Gasteiger partial charge < -0.3 is 14.4 Å². The van der Waals surface area contributed by atoms with Crippen LogP contribution in [0.4, 0.5) is 0 Å². The van der Waals surface area contributed by atoms with Crippen molar-refractivity contribution in [3.8, 4) is 0 Å². The Labute approximate surface area is 155 Å². The molecule has 2 rings (SSSR count). The number of benzene rings is 1. The number of esters is 2. The standard InChI is InChI=1S/C18H20N2O5S/c1-4-24-16(22)9-10-17(23)25-11-15(21)20(3)12(2)18-19-13-7-5-6-8-14(13)26-18/h5-10,12H,4,11H2,1-3H3/b10-9+/t12-/m0/s1. The fraction of sp³-hybridized carbons (Fsp3) is 0.333. The summed E-state index contributed by atoms with van der Waals surface area (Å²) in [7, 11) is 1.63. The smallest absolute Gasteiger partial charge is 0.331 e. The zero-order valence-electron chi connectivity index (χ0n) is 14.8. The normalized spacial score (nSPS) is 12.1. The lowest BCUT2D eigenvalue weighted by Crippen LogP contribution is -2.33. The molecule has 0 aliphatic heterocycles. The lowest BCUT2D eigenvalue weighted by molar-refractivity contribution is -0.148. The van der Waals surface area contributed by atoms with Gasteiger partial charge in [-0.25, -0.2) is 14.6 Å². The van der Waals surface area contributed by atoms with Gasteiger partial charge in [0.25, 0.3) is 5.91 Å². The van der Waals surface area contributed by atoms with E-state index in [1.807, 2.05) is 31.2 Å². The summed E-state index contributed by atoms with van der Waals surface area (Å²) in [5.74, 6) is -1.79. The third kappa shape index (κ3) is 5.13. The number of aromatic nitrogens is 1. The Hall–Kier alpha value is -2.74. The number of carbonyl (C=O) groups is 3. The van der Waals surface area contributed by atoms with Crippen LogP contribution in [0.3, 0.4) is 0 Å². The van der Waals surface area contributed by atoms with Crippen LogP contribution >= 0.6 is 11.3 Å². The molecule has 1 atom stereocenters. The van der Waals surface area contributed by atoms with Gasteiger partial charge in [-0.3, -0.25) is 4.79 Å². The molecular formula is C18H20N2O5S. The molecule has 0 bridgehead atoms. The molecule has 0 fully saturated rings. The van der Waals surface area contributed by atoms with Crippen LogP contribution in [-0.2, 0) is 23.9 Å². The number of fused-ring (bicyclic) bond motifs is 1. The highest BCUT2D eigenvalue weighted by molar-refractivity contribution is 7.18. The minimum atomic E-state index is -0.785. The van der Waals surface area contributed by atoms with E-state index in [0.717, 1.165) is 27.4 Å². The van der Waals surface area contributed by atoms with Crippen LogP contribution in [0.1, 0.15) is 24.9 Å². The van der Waals surface area contributed by atoms with Crippen molar-refractivity contribution in [3.63, 3.8) is 0 Å². The molecule has 26 heavy (non-hydrogen) atoms. The first-order valence-electron chi connectivity index (χ1n) is 8.05. The second-order valence-corrected chi connectivity index (χ2v) is 6.46. The summed E-state index contributed by atoms with van der Waals surface area (Å²) in [5, 5.41) is 0.801. The first-order valence-corrected chi connectivity index (χ1v) is 8.86. The number of nitrogens with zero attached hydrogens (tertiary/aromatic N) is 2. The second-order valence-electron chi connectivity index (χ2n) is 5.39. The molecule has 0 radical (unpaired) electrons. The van der Waals surface area contributed by atoms with E-state index in [1.54, 1.807) is 14.0 Å². The molecule has 0 saturated carbocycles. The summed E-state index contributed by atoms with van der Waals surface area (Å²) in [6.45, 7) is 3.31. The van der Waals surface area contributed by atoms with Crippen molar-refractivity contribution in [2.24, 2.45) is 0 Å². The number of hydrogen-bond donors (Lipinski definition) is 0. The topological polar surface area (TPSA) is 85.8 Å². The zero-order chi connectivity index (χ0) is 19.1. The molecule has 7 nitrogen and oxygen atoms in total. The van der Waals surface area contributed by atoms with Crippen LogP contribution in [0.25, 0.3) is 10.2 Å². The van der Waals surface area contributed by atoms with Gasteiger partial charge in [0.2, 0.25) is 0 Å². The van der Waals surface area contributed by atoms with Gasteiger partial charge in [-0.1, -0.05) is 12.1 Å². The molecule has 1 amide bonds. The molecule has 0 aliphatic rings. The van der Waals surface area contributed by atoms with E-state index in [0.29, 0.717) is 0 Å². The number of hydrogen-bond acceptors (Lipinski definition) is 7. The predicted octanol–water partition coefficient (Wildman–Crippen LogP) is 2.48. The highest BCUT2D eigenvalue weighted by Crippen LogP contribution is 2.28. The maximum atomic E-state index is 12.2. The zero-order valence-corrected chi connectivity index (χ0v) is 15.6. The van der Waals surface area contributed by atoms with E-state index in [4.69, 9.17) is 4.74 Å². The van der Waals surface area contributed by atoms with Crippen LogP contribution in [0, 0.1) is 0 Å². The Morgan fingerprint density at radius 1 is 1.19 bits per heavy atom. The van der Waals surface area contributed by atoms with Gasteiger partial charge >= 0.3 is 11.9 Å². The van der Waals surface area contributed by atoms with E-state index in [9.17, 15) is 14.4 Å². The van der Waals surface area contributed by atoms with Crippen molar-refractivity contribution < 1.29 is 23.9 Å². The van der Waals surface area contributed by atoms with E-state index in [1.165, 1.54) is 16.2 Å². The van der Waals surface area contributed by atoms with Crippen molar-refractivity contribution in [2.75, 3.05) is 20.3 Å². The third-order valence-corrected chi connectivity index (χ3v) is 4.83. The molecular weight excluding hydrogens is 356 g/mol. The highest BCUT2D eigenvalue weighted by atomic mass is 32.1. The quantitative estimate of drug-likeness (QED) is 0.545. The Bertz CT molecular complexity index is 797. The number of amides is 1. The minimum Gasteiger partial charge on any atom is -0.463 e. The minimum absolute atomic E-state index is 0.213. The molecule has 0 aliphatic carbocycles. The lowest BCUT2D eigenvalue weighted by Gasteiger charge is -2.22. The molecule has 1 aromatic heterocycles. The second kappa shape index (κ2) is 9.10. The predicted molar refractivity (Wildman–Crippen MR) is 97.5 cm³/mol. The summed E-state index contributed by atoms with van der Waals surface area (Å²) >= 11 is 1.52. The number of ether oxygens (including phenoxy) is 2. The largest absolute Gasteiger partial charge is 0.463 e. The number of carbonyl (C=O) groups excluding carboxylic acids is 3. The van der Waals surface area contributed by atoms with Crippen molar-refractivity contribution in [1.29, 1.82) is 0 Å². The van der Waals surface area contributed by atoms with Crippen LogP contribution < -0.4 is 0 Å². The molecule has 0 unspecified atom stereocenters. The fourth-order valence-electron chi connectivity index (χ4n) is 2.06. The van der Waals surface area contributed by atoms with E-state index >= 15 is 0 Å². The molecule has 8 heteroatoms.